The van der Waals surface area contributed by atoms with Gasteiger partial charge >= 0.3 is 0 Å². The van der Waals surface area contributed by atoms with Crippen LogP contribution in [0.15, 0.2) is 36.7 Å². The van der Waals surface area contributed by atoms with Crippen molar-refractivity contribution in [1.29, 1.82) is 0 Å². The van der Waals surface area contributed by atoms with E-state index in [1.807, 2.05) is 18.3 Å². The maximum absolute atomic E-state index is 6.43. The van der Waals surface area contributed by atoms with E-state index in [0.29, 0.717) is 24.1 Å². The molecule has 6 rings (SSSR count). The zero-order valence-electron chi connectivity index (χ0n) is 20.7. The predicted octanol–water partition coefficient (Wildman–Crippen LogP) is 4.13. The van der Waals surface area contributed by atoms with Crippen molar-refractivity contribution >= 4 is 33.9 Å². The molecule has 0 bridgehead atoms. The number of likely N-dealkylation sites (N-methyl/N-ethyl adjacent to an activating group) is 1. The van der Waals surface area contributed by atoms with Crippen LogP contribution in [0.25, 0.3) is 22.0 Å². The van der Waals surface area contributed by atoms with Crippen LogP contribution < -0.4 is 25.8 Å². The average molecular weight is 484 g/mol. The lowest BCUT2D eigenvalue weighted by atomic mass is 9.98. The van der Waals surface area contributed by atoms with Crippen LogP contribution in [0.3, 0.4) is 0 Å². The molecule has 2 aliphatic heterocycles. The fraction of sp³-hybridized carbons (Fsp3) is 0.296. The first kappa shape index (κ1) is 22.4. The van der Waals surface area contributed by atoms with Crippen molar-refractivity contribution in [2.24, 2.45) is 0 Å². The molecule has 36 heavy (non-hydrogen) atoms. The van der Waals surface area contributed by atoms with Gasteiger partial charge in [0, 0.05) is 48.7 Å². The van der Waals surface area contributed by atoms with E-state index in [4.69, 9.17) is 20.2 Å². The van der Waals surface area contributed by atoms with Crippen LogP contribution in [0.2, 0.25) is 0 Å². The van der Waals surface area contributed by atoms with Gasteiger partial charge in [0.25, 0.3) is 0 Å². The van der Waals surface area contributed by atoms with Crippen molar-refractivity contribution in [1.82, 2.24) is 19.9 Å². The third-order valence-electron chi connectivity index (χ3n) is 6.96. The third-order valence-corrected chi connectivity index (χ3v) is 6.96. The van der Waals surface area contributed by atoms with Gasteiger partial charge in [-0.3, -0.25) is 0 Å². The fourth-order valence-corrected chi connectivity index (χ4v) is 5.00. The number of aromatic nitrogens is 3. The zero-order valence-corrected chi connectivity index (χ0v) is 20.7. The monoisotopic (exact) mass is 483 g/mol. The number of nitrogens with one attached hydrogen (secondary N) is 2. The smallest absolute Gasteiger partial charge is 0.237 e. The standard InChI is InChI=1S/C27H29N7O2/c1-15-19(12-30-26-25(15)29-5-7-36-26)17-8-21(28)20-13-31-27(32-22(20)9-17)33-23-10-18-14-34(2)6-4-16(18)11-24(23)35-3/h8-13,29H,4-7,14,28H2,1-3H3,(H,31,32,33). The Bertz CT molecular complexity index is 1490. The molecule has 0 amide bonds. The van der Waals surface area contributed by atoms with Gasteiger partial charge in [-0.1, -0.05) is 0 Å². The molecule has 0 spiro atoms. The van der Waals surface area contributed by atoms with Crippen molar-refractivity contribution in [3.05, 3.63) is 53.3 Å². The minimum Gasteiger partial charge on any atom is -0.495 e. The first-order valence-corrected chi connectivity index (χ1v) is 12.1. The van der Waals surface area contributed by atoms with E-state index in [0.717, 1.165) is 70.8 Å². The summed E-state index contributed by atoms with van der Waals surface area (Å²) in [6.45, 7) is 5.37. The van der Waals surface area contributed by atoms with Gasteiger partial charge in [-0.15, -0.1) is 0 Å². The number of hydrogen-bond donors (Lipinski definition) is 3. The van der Waals surface area contributed by atoms with Gasteiger partial charge in [0.15, 0.2) is 0 Å². The van der Waals surface area contributed by atoms with Gasteiger partial charge in [0.05, 0.1) is 18.3 Å². The number of methoxy groups -OCH3 is 1. The summed E-state index contributed by atoms with van der Waals surface area (Å²) in [7, 11) is 3.82. The number of anilines is 4. The van der Waals surface area contributed by atoms with Crippen molar-refractivity contribution in [2.45, 2.75) is 19.9 Å². The molecule has 9 heteroatoms. The van der Waals surface area contributed by atoms with E-state index in [9.17, 15) is 0 Å². The maximum Gasteiger partial charge on any atom is 0.237 e. The molecule has 4 aromatic rings. The number of nitrogens with zero attached hydrogens (tertiary/aromatic N) is 4. The lowest BCUT2D eigenvalue weighted by molar-refractivity contribution is 0.310. The van der Waals surface area contributed by atoms with Crippen LogP contribution in [0.1, 0.15) is 16.7 Å². The number of benzene rings is 2. The van der Waals surface area contributed by atoms with Gasteiger partial charge in [0.2, 0.25) is 11.8 Å². The topological polar surface area (TPSA) is 110 Å². The molecule has 0 fully saturated rings. The number of rotatable bonds is 4. The SMILES string of the molecule is COc1cc2c(cc1Nc1ncc3c(N)cc(-c4cnc5c(c4C)NCCO5)cc3n1)CN(C)CC2. The van der Waals surface area contributed by atoms with Crippen LogP contribution in [0, 0.1) is 6.92 Å². The maximum atomic E-state index is 6.43. The number of pyridine rings is 1. The van der Waals surface area contributed by atoms with Crippen molar-refractivity contribution in [3.63, 3.8) is 0 Å². The second-order valence-corrected chi connectivity index (χ2v) is 9.38. The van der Waals surface area contributed by atoms with Crippen LogP contribution in [-0.2, 0) is 13.0 Å². The Hall–Kier alpha value is -4.11. The van der Waals surface area contributed by atoms with Gasteiger partial charge in [-0.05, 0) is 66.9 Å². The third kappa shape index (κ3) is 3.91. The van der Waals surface area contributed by atoms with Crippen molar-refractivity contribution < 1.29 is 9.47 Å². The highest BCUT2D eigenvalue weighted by Crippen LogP contribution is 2.38. The molecule has 9 nitrogen and oxygen atoms in total. The largest absolute Gasteiger partial charge is 0.495 e. The summed E-state index contributed by atoms with van der Waals surface area (Å²) in [5.74, 6) is 1.90. The van der Waals surface area contributed by atoms with Crippen LogP contribution in [0.4, 0.5) is 23.0 Å². The zero-order chi connectivity index (χ0) is 24.8. The van der Waals surface area contributed by atoms with Crippen molar-refractivity contribution in [2.75, 3.05) is 50.2 Å². The van der Waals surface area contributed by atoms with Gasteiger partial charge in [-0.25, -0.2) is 15.0 Å². The van der Waals surface area contributed by atoms with E-state index < -0.39 is 0 Å². The molecule has 4 heterocycles. The predicted molar refractivity (Wildman–Crippen MR) is 142 cm³/mol. The summed E-state index contributed by atoms with van der Waals surface area (Å²) in [4.78, 5) is 16.2. The number of fused-ring (bicyclic) bond motifs is 3. The fourth-order valence-electron chi connectivity index (χ4n) is 5.00. The number of hydrogen-bond acceptors (Lipinski definition) is 9. The molecular formula is C27H29N7O2. The highest BCUT2D eigenvalue weighted by atomic mass is 16.5. The number of nitrogens with two attached hydrogens (primary N) is 1. The first-order chi connectivity index (χ1) is 17.5. The quantitative estimate of drug-likeness (QED) is 0.369. The molecule has 0 aliphatic carbocycles. The first-order valence-electron chi connectivity index (χ1n) is 12.1. The summed E-state index contributed by atoms with van der Waals surface area (Å²) in [6, 6.07) is 8.23. The molecule has 0 saturated heterocycles. The summed E-state index contributed by atoms with van der Waals surface area (Å²) in [5, 5.41) is 7.56. The highest BCUT2D eigenvalue weighted by molar-refractivity contribution is 5.95. The van der Waals surface area contributed by atoms with Crippen LogP contribution >= 0.6 is 0 Å². The Morgan fingerprint density at radius 3 is 2.89 bits per heavy atom. The van der Waals surface area contributed by atoms with Crippen LogP contribution in [-0.4, -0.2) is 53.7 Å². The van der Waals surface area contributed by atoms with E-state index in [1.54, 1.807) is 13.3 Å². The molecule has 0 radical (unpaired) electrons. The molecule has 0 unspecified atom stereocenters. The molecule has 2 aromatic heterocycles. The minimum absolute atomic E-state index is 0.483. The number of nitrogen functional groups attached to an aromatic ring is 1. The Labute approximate surface area is 209 Å². The molecule has 0 saturated carbocycles. The molecular weight excluding hydrogens is 454 g/mol. The molecule has 184 valence electrons. The molecule has 0 atom stereocenters. The Morgan fingerprint density at radius 1 is 1.14 bits per heavy atom. The van der Waals surface area contributed by atoms with E-state index >= 15 is 0 Å². The molecule has 2 aliphatic rings. The lowest BCUT2D eigenvalue weighted by Gasteiger charge is -2.26. The molecule has 2 aromatic carbocycles. The lowest BCUT2D eigenvalue weighted by Crippen LogP contribution is -2.26. The van der Waals surface area contributed by atoms with Crippen molar-refractivity contribution in [3.8, 4) is 22.8 Å². The molecule has 4 N–H and O–H groups in total. The summed E-state index contributed by atoms with van der Waals surface area (Å²) in [5.41, 5.74) is 15.2. The Morgan fingerprint density at radius 2 is 2.03 bits per heavy atom. The van der Waals surface area contributed by atoms with Gasteiger partial charge < -0.3 is 30.7 Å². The normalized spacial score (nSPS) is 15.0. The summed E-state index contributed by atoms with van der Waals surface area (Å²) >= 11 is 0. The summed E-state index contributed by atoms with van der Waals surface area (Å²) in [6.07, 6.45) is 4.60. The van der Waals surface area contributed by atoms with E-state index in [-0.39, 0.29) is 0 Å². The summed E-state index contributed by atoms with van der Waals surface area (Å²) < 4.78 is 11.4. The van der Waals surface area contributed by atoms with E-state index in [2.05, 4.69) is 51.6 Å². The van der Waals surface area contributed by atoms with Gasteiger partial charge in [0.1, 0.15) is 18.0 Å². The Balaban J connectivity index is 1.38. The number of ether oxygens (including phenoxy) is 2. The average Bonchev–Trinajstić information content (AvgIpc) is 2.88. The second kappa shape index (κ2) is 8.83. The van der Waals surface area contributed by atoms with Crippen LogP contribution in [0.5, 0.6) is 11.6 Å². The van der Waals surface area contributed by atoms with E-state index in [1.165, 1.54) is 11.1 Å². The second-order valence-electron chi connectivity index (χ2n) is 9.38. The van der Waals surface area contributed by atoms with Gasteiger partial charge in [-0.2, -0.15) is 0 Å². The minimum atomic E-state index is 0.483. The Kier molecular flexibility index (Phi) is 5.49. The highest BCUT2D eigenvalue weighted by Gasteiger charge is 2.19.